The van der Waals surface area contributed by atoms with Crippen molar-refractivity contribution in [1.29, 1.82) is 0 Å². The van der Waals surface area contributed by atoms with Gasteiger partial charge in [-0.3, -0.25) is 4.79 Å². The molecule has 1 nitrogen and oxygen atoms in total. The van der Waals surface area contributed by atoms with Crippen LogP contribution in [-0.2, 0) is 6.42 Å². The minimum absolute atomic E-state index is 0.141. The van der Waals surface area contributed by atoms with Gasteiger partial charge >= 0.3 is 0 Å². The summed E-state index contributed by atoms with van der Waals surface area (Å²) >= 11 is 0. The summed E-state index contributed by atoms with van der Waals surface area (Å²) in [6.07, 6.45) is 1.23. The Balaban J connectivity index is 2.10. The van der Waals surface area contributed by atoms with Gasteiger partial charge in [-0.05, 0) is 35.2 Å². The highest BCUT2D eigenvalue weighted by atomic mass is 19.1. The summed E-state index contributed by atoms with van der Waals surface area (Å²) < 4.78 is 26.3. The molecular weight excluding hydrogens is 234 g/mol. The standard InChI is InChI=1S/C15H10F2O/c16-12-6-11(7-13(17)8-12)9-1-3-14-10(5-9)2-4-15(14)18/h1,3,5-8H,2,4H2. The summed E-state index contributed by atoms with van der Waals surface area (Å²) in [6, 6.07) is 8.75. The van der Waals surface area contributed by atoms with Gasteiger partial charge in [-0.2, -0.15) is 0 Å². The fourth-order valence-corrected chi connectivity index (χ4v) is 2.36. The summed E-state index contributed by atoms with van der Waals surface area (Å²) in [5.74, 6) is -1.05. The van der Waals surface area contributed by atoms with Crippen molar-refractivity contribution in [2.75, 3.05) is 0 Å². The molecule has 0 atom stereocenters. The van der Waals surface area contributed by atoms with Gasteiger partial charge in [-0.15, -0.1) is 0 Å². The van der Waals surface area contributed by atoms with Gasteiger partial charge in [-0.1, -0.05) is 18.2 Å². The van der Waals surface area contributed by atoms with Crippen LogP contribution in [-0.4, -0.2) is 5.78 Å². The minimum Gasteiger partial charge on any atom is -0.294 e. The summed E-state index contributed by atoms with van der Waals surface area (Å²) in [6.45, 7) is 0. The van der Waals surface area contributed by atoms with Gasteiger partial charge in [0.05, 0.1) is 0 Å². The Morgan fingerprint density at radius 1 is 0.833 bits per heavy atom. The minimum atomic E-state index is -0.596. The summed E-state index contributed by atoms with van der Waals surface area (Å²) in [7, 11) is 0. The van der Waals surface area contributed by atoms with Crippen molar-refractivity contribution in [2.24, 2.45) is 0 Å². The first-order valence-electron chi connectivity index (χ1n) is 5.76. The fraction of sp³-hybridized carbons (Fsp3) is 0.133. The number of rotatable bonds is 1. The van der Waals surface area contributed by atoms with E-state index in [4.69, 9.17) is 0 Å². The first kappa shape index (κ1) is 11.1. The number of halogens is 2. The average molecular weight is 244 g/mol. The van der Waals surface area contributed by atoms with E-state index in [1.807, 2.05) is 6.07 Å². The van der Waals surface area contributed by atoms with E-state index >= 15 is 0 Å². The smallest absolute Gasteiger partial charge is 0.163 e. The molecule has 0 spiro atoms. The first-order valence-corrected chi connectivity index (χ1v) is 5.76. The number of hydrogen-bond donors (Lipinski definition) is 0. The molecule has 18 heavy (non-hydrogen) atoms. The molecule has 1 aliphatic carbocycles. The lowest BCUT2D eigenvalue weighted by atomic mass is 10.0. The quantitative estimate of drug-likeness (QED) is 0.746. The van der Waals surface area contributed by atoms with E-state index in [2.05, 4.69) is 0 Å². The molecule has 0 aliphatic heterocycles. The molecule has 0 fully saturated rings. The van der Waals surface area contributed by atoms with Gasteiger partial charge in [0.1, 0.15) is 11.6 Å². The Morgan fingerprint density at radius 3 is 2.28 bits per heavy atom. The number of ketones is 1. The second-order valence-corrected chi connectivity index (χ2v) is 4.45. The third-order valence-corrected chi connectivity index (χ3v) is 3.22. The molecule has 0 N–H and O–H groups in total. The zero-order valence-corrected chi connectivity index (χ0v) is 9.54. The monoisotopic (exact) mass is 244 g/mol. The van der Waals surface area contributed by atoms with Crippen molar-refractivity contribution >= 4 is 5.78 Å². The third kappa shape index (κ3) is 1.82. The van der Waals surface area contributed by atoms with E-state index in [9.17, 15) is 13.6 Å². The Labute approximate surface area is 103 Å². The van der Waals surface area contributed by atoms with Crippen molar-refractivity contribution in [2.45, 2.75) is 12.8 Å². The molecule has 3 rings (SSSR count). The summed E-state index contributed by atoms with van der Waals surface area (Å²) in [5, 5.41) is 0. The van der Waals surface area contributed by atoms with E-state index < -0.39 is 11.6 Å². The topological polar surface area (TPSA) is 17.1 Å². The molecular formula is C15H10F2O. The molecule has 3 heteroatoms. The lowest BCUT2D eigenvalue weighted by Gasteiger charge is -2.05. The highest BCUT2D eigenvalue weighted by Gasteiger charge is 2.19. The lowest BCUT2D eigenvalue weighted by Crippen LogP contribution is -1.91. The van der Waals surface area contributed by atoms with Gasteiger partial charge in [0, 0.05) is 18.1 Å². The van der Waals surface area contributed by atoms with Crippen molar-refractivity contribution in [3.8, 4) is 11.1 Å². The van der Waals surface area contributed by atoms with Crippen molar-refractivity contribution in [3.05, 3.63) is 59.2 Å². The highest BCUT2D eigenvalue weighted by Crippen LogP contribution is 2.28. The maximum absolute atomic E-state index is 13.2. The van der Waals surface area contributed by atoms with Crippen molar-refractivity contribution in [1.82, 2.24) is 0 Å². The van der Waals surface area contributed by atoms with Crippen LogP contribution in [0.2, 0.25) is 0 Å². The van der Waals surface area contributed by atoms with Crippen LogP contribution in [0.3, 0.4) is 0 Å². The zero-order valence-electron chi connectivity index (χ0n) is 9.54. The van der Waals surface area contributed by atoms with E-state index in [1.165, 1.54) is 12.1 Å². The summed E-state index contributed by atoms with van der Waals surface area (Å²) in [4.78, 5) is 11.5. The molecule has 0 saturated carbocycles. The number of aryl methyl sites for hydroxylation is 1. The Bertz CT molecular complexity index is 627. The fourth-order valence-electron chi connectivity index (χ4n) is 2.36. The number of fused-ring (bicyclic) bond motifs is 1. The van der Waals surface area contributed by atoms with Crippen molar-refractivity contribution in [3.63, 3.8) is 0 Å². The highest BCUT2D eigenvalue weighted by molar-refractivity contribution is 6.00. The first-order chi connectivity index (χ1) is 8.63. The van der Waals surface area contributed by atoms with Crippen LogP contribution in [0.5, 0.6) is 0 Å². The molecule has 90 valence electrons. The Kier molecular flexibility index (Phi) is 2.47. The Hall–Kier alpha value is -2.03. The number of Topliss-reactive ketones (excluding diaryl/α,β-unsaturated/α-hetero) is 1. The normalized spacial score (nSPS) is 13.8. The van der Waals surface area contributed by atoms with Crippen LogP contribution in [0.15, 0.2) is 36.4 Å². The molecule has 0 aromatic heterocycles. The second-order valence-electron chi connectivity index (χ2n) is 4.45. The van der Waals surface area contributed by atoms with Crippen LogP contribution >= 0.6 is 0 Å². The van der Waals surface area contributed by atoms with Gasteiger partial charge in [0.2, 0.25) is 0 Å². The van der Waals surface area contributed by atoms with Gasteiger partial charge in [0.15, 0.2) is 5.78 Å². The average Bonchev–Trinajstić information content (AvgIpc) is 2.69. The van der Waals surface area contributed by atoms with Gasteiger partial charge in [0.25, 0.3) is 0 Å². The molecule has 1 aliphatic rings. The zero-order chi connectivity index (χ0) is 12.7. The van der Waals surface area contributed by atoms with E-state index in [0.717, 1.165) is 22.8 Å². The van der Waals surface area contributed by atoms with E-state index in [-0.39, 0.29) is 5.78 Å². The van der Waals surface area contributed by atoms with E-state index in [1.54, 1.807) is 12.1 Å². The molecule has 2 aromatic carbocycles. The number of carbonyl (C=O) groups excluding carboxylic acids is 1. The van der Waals surface area contributed by atoms with Crippen LogP contribution in [0, 0.1) is 11.6 Å². The van der Waals surface area contributed by atoms with Crippen LogP contribution in [0.25, 0.3) is 11.1 Å². The molecule has 0 amide bonds. The number of carbonyl (C=O) groups is 1. The summed E-state index contributed by atoms with van der Waals surface area (Å²) in [5.41, 5.74) is 2.93. The molecule has 0 heterocycles. The second kappa shape index (κ2) is 4.02. The predicted molar refractivity (Wildman–Crippen MR) is 64.4 cm³/mol. The van der Waals surface area contributed by atoms with Crippen LogP contribution in [0.4, 0.5) is 8.78 Å². The molecule has 0 unspecified atom stereocenters. The number of benzene rings is 2. The van der Waals surface area contributed by atoms with Gasteiger partial charge in [-0.25, -0.2) is 8.78 Å². The molecule has 0 bridgehead atoms. The molecule has 0 saturated heterocycles. The predicted octanol–water partition coefficient (Wildman–Crippen LogP) is 3.76. The van der Waals surface area contributed by atoms with Crippen LogP contribution in [0.1, 0.15) is 22.3 Å². The lowest BCUT2D eigenvalue weighted by molar-refractivity contribution is 0.0994. The van der Waals surface area contributed by atoms with Crippen molar-refractivity contribution < 1.29 is 13.6 Å². The maximum Gasteiger partial charge on any atom is 0.163 e. The SMILES string of the molecule is O=C1CCc2cc(-c3cc(F)cc(F)c3)ccc21. The maximum atomic E-state index is 13.2. The molecule has 0 radical (unpaired) electrons. The molecule has 2 aromatic rings. The van der Waals surface area contributed by atoms with E-state index in [0.29, 0.717) is 18.4 Å². The Morgan fingerprint density at radius 2 is 1.56 bits per heavy atom. The number of hydrogen-bond acceptors (Lipinski definition) is 1. The van der Waals surface area contributed by atoms with Gasteiger partial charge < -0.3 is 0 Å². The largest absolute Gasteiger partial charge is 0.294 e. The third-order valence-electron chi connectivity index (χ3n) is 3.22. The van der Waals surface area contributed by atoms with Crippen LogP contribution < -0.4 is 0 Å².